The van der Waals surface area contributed by atoms with Crippen molar-refractivity contribution < 1.29 is 50.8 Å². The van der Waals surface area contributed by atoms with Crippen molar-refractivity contribution in [3.63, 3.8) is 0 Å². The third-order valence-corrected chi connectivity index (χ3v) is 9.63. The molecule has 2 amide bonds. The fourth-order valence-corrected chi connectivity index (χ4v) is 6.53. The highest BCUT2D eigenvalue weighted by atomic mass is 32.2. The number of nitrogens with zero attached hydrogens (tertiary/aromatic N) is 6. The Morgan fingerprint density at radius 1 is 0.569 bits per heavy atom. The van der Waals surface area contributed by atoms with Crippen molar-refractivity contribution in [2.75, 3.05) is 16.4 Å². The summed E-state index contributed by atoms with van der Waals surface area (Å²) in [4.78, 5) is 22.0. The van der Waals surface area contributed by atoms with Crippen molar-refractivity contribution in [2.45, 2.75) is 9.79 Å². The van der Waals surface area contributed by atoms with Crippen molar-refractivity contribution in [2.24, 2.45) is 30.7 Å². The van der Waals surface area contributed by atoms with Gasteiger partial charge in [-0.25, -0.2) is 9.59 Å². The molecule has 0 heterocycles. The van der Waals surface area contributed by atoms with E-state index in [9.17, 15) is 45.7 Å². The van der Waals surface area contributed by atoms with Crippen molar-refractivity contribution in [3.8, 4) is 11.5 Å². The van der Waals surface area contributed by atoms with Gasteiger partial charge in [-0.05, 0) is 96.4 Å². The number of phenols is 2. The van der Waals surface area contributed by atoms with Gasteiger partial charge in [0.25, 0.3) is 20.2 Å². The highest BCUT2D eigenvalue weighted by Gasteiger charge is 2.28. The van der Waals surface area contributed by atoms with Crippen LogP contribution in [0.1, 0.15) is 10.4 Å². The molecule has 0 bridgehead atoms. The molecule has 0 saturated carbocycles. The number of hydrogen-bond acceptors (Lipinski definition) is 15. The van der Waals surface area contributed by atoms with Crippen LogP contribution in [0.3, 0.4) is 0 Å². The van der Waals surface area contributed by atoms with E-state index < -0.39 is 70.6 Å². The van der Waals surface area contributed by atoms with E-state index in [1.54, 1.807) is 42.5 Å². The third-order valence-electron chi connectivity index (χ3n) is 7.90. The summed E-state index contributed by atoms with van der Waals surface area (Å²) in [5.74, 6) is -2.64. The fraction of sp³-hybridized carbons (Fsp3) is 0. The second-order valence-corrected chi connectivity index (χ2v) is 14.7. The molecule has 9 N–H and O–H groups in total. The lowest BCUT2D eigenvalue weighted by Crippen LogP contribution is -2.19. The summed E-state index contributed by atoms with van der Waals surface area (Å²) in [6, 6.07) is 24.5. The lowest BCUT2D eigenvalue weighted by atomic mass is 10.1. The van der Waals surface area contributed by atoms with Crippen LogP contribution in [0.4, 0.5) is 56.0 Å². The Morgan fingerprint density at radius 2 is 1.02 bits per heavy atom. The Balaban J connectivity index is 1.20. The van der Waals surface area contributed by atoms with Crippen LogP contribution in [0.5, 0.6) is 11.5 Å². The van der Waals surface area contributed by atoms with Gasteiger partial charge in [0, 0.05) is 11.4 Å². The molecule has 0 spiro atoms. The number of carboxylic acids is 1. The van der Waals surface area contributed by atoms with Crippen LogP contribution < -0.4 is 16.4 Å². The lowest BCUT2D eigenvalue weighted by Gasteiger charge is -2.14. The molecule has 58 heavy (non-hydrogen) atoms. The van der Waals surface area contributed by atoms with Gasteiger partial charge in [-0.2, -0.15) is 37.3 Å². The van der Waals surface area contributed by atoms with Gasteiger partial charge in [0.15, 0.2) is 5.75 Å². The van der Waals surface area contributed by atoms with Crippen LogP contribution in [0.15, 0.2) is 150 Å². The van der Waals surface area contributed by atoms with Gasteiger partial charge in [0.1, 0.15) is 32.5 Å². The summed E-state index contributed by atoms with van der Waals surface area (Å²) in [5.41, 5.74) is 5.67. The molecule has 20 nitrogen and oxygen atoms in total. The van der Waals surface area contributed by atoms with E-state index in [-0.39, 0.29) is 33.4 Å². The number of hydrogen-bond donors (Lipinski definition) is 8. The monoisotopic (exact) mass is 825 g/mol. The molecular formula is C36H27N9O11S2. The molecule has 0 radical (unpaired) electrons. The summed E-state index contributed by atoms with van der Waals surface area (Å²) >= 11 is 0. The van der Waals surface area contributed by atoms with E-state index in [0.717, 1.165) is 18.2 Å². The van der Waals surface area contributed by atoms with Crippen LogP contribution >= 0.6 is 0 Å². The zero-order valence-electron chi connectivity index (χ0n) is 29.2. The molecule has 0 unspecified atom stereocenters. The minimum absolute atomic E-state index is 0.117. The summed E-state index contributed by atoms with van der Waals surface area (Å²) in [5, 5.41) is 58.1. The number of nitrogens with two attached hydrogens (primary N) is 1. The quantitative estimate of drug-likeness (QED) is 0.0345. The molecule has 294 valence electrons. The van der Waals surface area contributed by atoms with E-state index in [2.05, 4.69) is 41.3 Å². The van der Waals surface area contributed by atoms with E-state index in [0.29, 0.717) is 17.1 Å². The number of urea groups is 1. The van der Waals surface area contributed by atoms with Crippen molar-refractivity contribution in [1.29, 1.82) is 0 Å². The van der Waals surface area contributed by atoms with Crippen molar-refractivity contribution in [1.82, 2.24) is 0 Å². The number of carbonyl (C=O) groups is 2. The summed E-state index contributed by atoms with van der Waals surface area (Å²) in [6.45, 7) is 0. The average molecular weight is 826 g/mol. The maximum Gasteiger partial charge on any atom is 0.339 e. The minimum atomic E-state index is -5.10. The standard InChI is InChI=1S/C36H27N9O11S2/c37-31-30-19(17-29(58(54,55)56)33(34(30)47)45-41-22-4-2-1-3-5-22)16-28(57(51,52)53)32(31)44-42-24-12-8-21(9-13-24)39-36(50)38-20-6-10-23(11-7-20)40-43-25-14-15-27(46)26(18-25)35(48)49/h1-18,46-47H,37H2,(H,48,49)(H2,38,39,50)(H,51,52,53)(H,54,55,56). The van der Waals surface area contributed by atoms with Crippen LogP contribution in [0, 0.1) is 0 Å². The number of azo groups is 3. The number of aromatic hydroxyl groups is 2. The molecule has 0 saturated heterocycles. The Bertz CT molecular complexity index is 2910. The molecule has 6 aromatic rings. The second kappa shape index (κ2) is 16.2. The number of nitrogens with one attached hydrogen (secondary N) is 2. The SMILES string of the molecule is Nc1c(N=Nc2ccc(NC(=O)Nc3ccc(N=Nc4ccc(O)c(C(=O)O)c4)cc3)cc2)c(S(=O)(=O)O)cc2cc(S(=O)(=O)O)c(N=Nc3ccccc3)c(O)c12. The first-order valence-electron chi connectivity index (χ1n) is 16.2. The molecule has 22 heteroatoms. The first-order valence-corrected chi connectivity index (χ1v) is 19.1. The van der Waals surface area contributed by atoms with Crippen LogP contribution in [-0.2, 0) is 20.2 Å². The van der Waals surface area contributed by atoms with Crippen LogP contribution in [-0.4, -0.2) is 53.3 Å². The highest BCUT2D eigenvalue weighted by Crippen LogP contribution is 2.48. The van der Waals surface area contributed by atoms with Gasteiger partial charge in [-0.1, -0.05) is 18.2 Å². The molecule has 0 aliphatic heterocycles. The van der Waals surface area contributed by atoms with Gasteiger partial charge in [0.2, 0.25) is 0 Å². The second-order valence-electron chi connectivity index (χ2n) is 11.9. The molecule has 0 fully saturated rings. The first kappa shape index (κ1) is 40.0. The Morgan fingerprint density at radius 3 is 1.53 bits per heavy atom. The number of amides is 2. The predicted octanol–water partition coefficient (Wildman–Crippen LogP) is 8.91. The number of carboxylic acid groups (broad SMARTS) is 1. The molecule has 0 aromatic heterocycles. The number of benzene rings is 6. The topological polar surface area (TPSA) is 328 Å². The van der Waals surface area contributed by atoms with Gasteiger partial charge in [-0.15, -0.1) is 10.2 Å². The predicted molar refractivity (Wildman–Crippen MR) is 209 cm³/mol. The van der Waals surface area contributed by atoms with Crippen LogP contribution in [0.25, 0.3) is 10.8 Å². The van der Waals surface area contributed by atoms with E-state index >= 15 is 0 Å². The maximum atomic E-state index is 12.7. The fourth-order valence-electron chi connectivity index (χ4n) is 5.20. The number of nitrogen functional groups attached to an aromatic ring is 1. The van der Waals surface area contributed by atoms with Crippen LogP contribution in [0.2, 0.25) is 0 Å². The summed E-state index contributed by atoms with van der Waals surface area (Å²) in [6.07, 6.45) is 0. The number of phenolic OH excluding ortho intramolecular Hbond substituents is 1. The molecule has 6 aromatic carbocycles. The number of rotatable bonds is 11. The van der Waals surface area contributed by atoms with Gasteiger partial charge >= 0.3 is 12.0 Å². The maximum absolute atomic E-state index is 12.7. The van der Waals surface area contributed by atoms with E-state index in [1.165, 1.54) is 48.5 Å². The summed E-state index contributed by atoms with van der Waals surface area (Å²) in [7, 11) is -10.2. The number of carbonyl (C=O) groups excluding carboxylic acids is 1. The molecule has 0 atom stereocenters. The molecule has 0 aliphatic rings. The Labute approximate surface area is 327 Å². The largest absolute Gasteiger partial charge is 0.507 e. The van der Waals surface area contributed by atoms with Crippen molar-refractivity contribution in [3.05, 3.63) is 115 Å². The van der Waals surface area contributed by atoms with E-state index in [1.807, 2.05) is 0 Å². The number of fused-ring (bicyclic) bond motifs is 1. The number of aromatic carboxylic acids is 1. The highest BCUT2D eigenvalue weighted by molar-refractivity contribution is 7.86. The van der Waals surface area contributed by atoms with Gasteiger partial charge in [0.05, 0.1) is 33.8 Å². The van der Waals surface area contributed by atoms with Gasteiger partial charge in [-0.3, -0.25) is 9.11 Å². The van der Waals surface area contributed by atoms with E-state index in [4.69, 9.17) is 10.8 Å². The third kappa shape index (κ3) is 9.23. The zero-order valence-corrected chi connectivity index (χ0v) is 30.8. The molecule has 6 rings (SSSR count). The lowest BCUT2D eigenvalue weighted by molar-refractivity contribution is 0.0693. The number of anilines is 3. The Hall–Kier alpha value is -7.66. The Kier molecular flexibility index (Phi) is 11.2. The summed E-state index contributed by atoms with van der Waals surface area (Å²) < 4.78 is 69.3. The zero-order chi connectivity index (χ0) is 41.8. The molecular weight excluding hydrogens is 799 g/mol. The normalized spacial score (nSPS) is 12.1. The minimum Gasteiger partial charge on any atom is -0.507 e. The molecule has 0 aliphatic carbocycles. The van der Waals surface area contributed by atoms with Crippen molar-refractivity contribution >= 4 is 94.2 Å². The average Bonchev–Trinajstić information content (AvgIpc) is 3.17. The van der Waals surface area contributed by atoms with Gasteiger partial charge < -0.3 is 31.7 Å². The smallest absolute Gasteiger partial charge is 0.339 e. The first-order chi connectivity index (χ1) is 27.5.